The SMILES string of the molecule is O=S(=O)(C1=CCC(N(c2ccccc2)c2ccccc2)C=C1)c1ccc(N(c2ccccc2)c2ccccc2)cc1. The lowest BCUT2D eigenvalue weighted by Gasteiger charge is -2.33. The van der Waals surface area contributed by atoms with E-state index < -0.39 is 9.84 Å². The number of allylic oxidation sites excluding steroid dienone is 1. The van der Waals surface area contributed by atoms with E-state index in [1.54, 1.807) is 18.2 Å². The molecule has 0 heterocycles. The Balaban J connectivity index is 1.26. The predicted octanol–water partition coefficient (Wildman–Crippen LogP) is 8.98. The van der Waals surface area contributed by atoms with Crippen LogP contribution in [0.2, 0.25) is 0 Å². The van der Waals surface area contributed by atoms with E-state index in [0.717, 1.165) is 28.4 Å². The first-order valence-corrected chi connectivity index (χ1v) is 15.1. The molecule has 0 saturated carbocycles. The number of sulfone groups is 1. The molecule has 0 bridgehead atoms. The summed E-state index contributed by atoms with van der Waals surface area (Å²) in [5.41, 5.74) is 5.00. The van der Waals surface area contributed by atoms with Gasteiger partial charge in [-0.05, 0) is 85.3 Å². The quantitative estimate of drug-likeness (QED) is 0.192. The molecule has 0 aliphatic heterocycles. The largest absolute Gasteiger partial charge is 0.334 e. The molecule has 4 nitrogen and oxygen atoms in total. The van der Waals surface area contributed by atoms with Crippen LogP contribution in [-0.4, -0.2) is 14.5 Å². The molecule has 0 fully saturated rings. The van der Waals surface area contributed by atoms with Gasteiger partial charge in [0.15, 0.2) is 0 Å². The molecule has 1 aliphatic rings. The van der Waals surface area contributed by atoms with Crippen LogP contribution < -0.4 is 9.80 Å². The molecule has 1 unspecified atom stereocenters. The van der Waals surface area contributed by atoms with E-state index in [1.807, 2.05) is 121 Å². The van der Waals surface area contributed by atoms with Crippen LogP contribution in [0.5, 0.6) is 0 Å². The van der Waals surface area contributed by atoms with Gasteiger partial charge in [0.1, 0.15) is 0 Å². The van der Waals surface area contributed by atoms with Crippen LogP contribution in [0.4, 0.5) is 28.4 Å². The molecule has 0 amide bonds. The summed E-state index contributed by atoms with van der Waals surface area (Å²) in [4.78, 5) is 4.96. The van der Waals surface area contributed by atoms with E-state index in [-0.39, 0.29) is 10.9 Å². The first-order valence-electron chi connectivity index (χ1n) is 13.6. The first-order chi connectivity index (χ1) is 20.1. The lowest BCUT2D eigenvalue weighted by molar-refractivity contribution is 0.602. The molecule has 6 rings (SSSR count). The van der Waals surface area contributed by atoms with Gasteiger partial charge in [-0.15, -0.1) is 0 Å². The van der Waals surface area contributed by atoms with Crippen molar-refractivity contribution in [3.05, 3.63) is 169 Å². The van der Waals surface area contributed by atoms with Crippen molar-refractivity contribution in [2.75, 3.05) is 9.80 Å². The average Bonchev–Trinajstić information content (AvgIpc) is 3.04. The minimum absolute atomic E-state index is 0.00794. The fraction of sp³-hybridized carbons (Fsp3) is 0.0556. The molecule has 5 aromatic carbocycles. The van der Waals surface area contributed by atoms with Gasteiger partial charge in [0.05, 0.1) is 15.8 Å². The van der Waals surface area contributed by atoms with E-state index in [2.05, 4.69) is 34.1 Å². The molecular weight excluding hydrogens is 524 g/mol. The first kappa shape index (κ1) is 26.4. The van der Waals surface area contributed by atoms with Crippen molar-refractivity contribution in [3.8, 4) is 0 Å². The second-order valence-electron chi connectivity index (χ2n) is 9.81. The molecular formula is C36H30N2O2S. The summed E-state index contributed by atoms with van der Waals surface area (Å²) in [5, 5.41) is 0. The van der Waals surface area contributed by atoms with Crippen molar-refractivity contribution in [3.63, 3.8) is 0 Å². The summed E-state index contributed by atoms with van der Waals surface area (Å²) >= 11 is 0. The topological polar surface area (TPSA) is 40.6 Å². The number of hydrogen-bond donors (Lipinski definition) is 0. The minimum Gasteiger partial charge on any atom is -0.334 e. The minimum atomic E-state index is -3.67. The summed E-state index contributed by atoms with van der Waals surface area (Å²) in [5.74, 6) is 0. The Morgan fingerprint density at radius 1 is 0.512 bits per heavy atom. The van der Waals surface area contributed by atoms with Crippen LogP contribution in [0.3, 0.4) is 0 Å². The lowest BCUT2D eigenvalue weighted by atomic mass is 10.0. The number of para-hydroxylation sites is 4. The molecule has 5 heteroatoms. The fourth-order valence-corrected chi connectivity index (χ4v) is 6.54. The third-order valence-electron chi connectivity index (χ3n) is 7.19. The van der Waals surface area contributed by atoms with Crippen LogP contribution in [0, 0.1) is 0 Å². The number of anilines is 5. The highest BCUT2D eigenvalue weighted by atomic mass is 32.2. The van der Waals surface area contributed by atoms with Crippen LogP contribution in [0.15, 0.2) is 174 Å². The van der Waals surface area contributed by atoms with Crippen LogP contribution in [-0.2, 0) is 9.84 Å². The molecule has 0 radical (unpaired) electrons. The van der Waals surface area contributed by atoms with Crippen molar-refractivity contribution in [1.82, 2.24) is 0 Å². The number of rotatable bonds is 8. The molecule has 0 N–H and O–H groups in total. The number of nitrogens with zero attached hydrogens (tertiary/aromatic N) is 2. The highest BCUT2D eigenvalue weighted by molar-refractivity contribution is 7.95. The normalized spacial score (nSPS) is 14.7. The Labute approximate surface area is 242 Å². The zero-order valence-electron chi connectivity index (χ0n) is 22.5. The van der Waals surface area contributed by atoms with E-state index in [9.17, 15) is 8.42 Å². The molecule has 41 heavy (non-hydrogen) atoms. The maximum Gasteiger partial charge on any atom is 0.206 e. The van der Waals surface area contributed by atoms with Crippen LogP contribution >= 0.6 is 0 Å². The van der Waals surface area contributed by atoms with E-state index in [4.69, 9.17) is 0 Å². The molecule has 0 aromatic heterocycles. The lowest BCUT2D eigenvalue weighted by Crippen LogP contribution is -2.30. The zero-order chi connectivity index (χ0) is 28.1. The van der Waals surface area contributed by atoms with Gasteiger partial charge in [0.2, 0.25) is 9.84 Å². The summed E-state index contributed by atoms with van der Waals surface area (Å²) in [6, 6.07) is 47.6. The average molecular weight is 555 g/mol. The third kappa shape index (κ3) is 5.58. The monoisotopic (exact) mass is 554 g/mol. The van der Waals surface area contributed by atoms with Gasteiger partial charge in [0.25, 0.3) is 0 Å². The van der Waals surface area contributed by atoms with Gasteiger partial charge >= 0.3 is 0 Å². The molecule has 1 aliphatic carbocycles. The van der Waals surface area contributed by atoms with Gasteiger partial charge in [-0.3, -0.25) is 0 Å². The Bertz CT molecular complexity index is 1670. The van der Waals surface area contributed by atoms with Crippen LogP contribution in [0.25, 0.3) is 0 Å². The third-order valence-corrected chi connectivity index (χ3v) is 9.00. The fourth-order valence-electron chi connectivity index (χ4n) is 5.20. The van der Waals surface area contributed by atoms with Crippen molar-refractivity contribution in [2.24, 2.45) is 0 Å². The van der Waals surface area contributed by atoms with Crippen molar-refractivity contribution >= 4 is 38.3 Å². The Morgan fingerprint density at radius 2 is 0.927 bits per heavy atom. The smallest absolute Gasteiger partial charge is 0.206 e. The second kappa shape index (κ2) is 11.7. The van der Waals surface area contributed by atoms with Crippen molar-refractivity contribution in [1.29, 1.82) is 0 Å². The summed E-state index contributed by atoms with van der Waals surface area (Å²) in [6.07, 6.45) is 6.15. The van der Waals surface area contributed by atoms with E-state index >= 15 is 0 Å². The number of hydrogen-bond acceptors (Lipinski definition) is 4. The van der Waals surface area contributed by atoms with Gasteiger partial charge in [-0.1, -0.05) is 84.9 Å². The molecule has 5 aromatic rings. The highest BCUT2D eigenvalue weighted by Gasteiger charge is 2.25. The van der Waals surface area contributed by atoms with Crippen molar-refractivity contribution in [2.45, 2.75) is 17.4 Å². The molecule has 0 saturated heterocycles. The van der Waals surface area contributed by atoms with Crippen molar-refractivity contribution < 1.29 is 8.42 Å². The molecule has 1 atom stereocenters. The highest BCUT2D eigenvalue weighted by Crippen LogP contribution is 2.36. The Morgan fingerprint density at radius 3 is 1.34 bits per heavy atom. The zero-order valence-corrected chi connectivity index (χ0v) is 23.3. The second-order valence-corrected chi connectivity index (χ2v) is 11.8. The maximum atomic E-state index is 13.7. The molecule has 202 valence electrons. The van der Waals surface area contributed by atoms with E-state index in [1.165, 1.54) is 0 Å². The number of benzene rings is 5. The Kier molecular flexibility index (Phi) is 7.52. The summed E-state index contributed by atoms with van der Waals surface area (Å²) in [6.45, 7) is 0. The van der Waals surface area contributed by atoms with Gasteiger partial charge < -0.3 is 9.80 Å². The Hall–Kier alpha value is -4.87. The summed E-state index contributed by atoms with van der Waals surface area (Å²) in [7, 11) is -3.67. The van der Waals surface area contributed by atoms with Gasteiger partial charge in [-0.25, -0.2) is 8.42 Å². The van der Waals surface area contributed by atoms with E-state index in [0.29, 0.717) is 11.3 Å². The maximum absolute atomic E-state index is 13.7. The van der Waals surface area contributed by atoms with Gasteiger partial charge in [-0.2, -0.15) is 0 Å². The molecule has 0 spiro atoms. The van der Waals surface area contributed by atoms with Gasteiger partial charge in [0, 0.05) is 28.4 Å². The van der Waals surface area contributed by atoms with Crippen LogP contribution in [0.1, 0.15) is 6.42 Å². The predicted molar refractivity (Wildman–Crippen MR) is 169 cm³/mol. The summed E-state index contributed by atoms with van der Waals surface area (Å²) < 4.78 is 27.4. The standard InChI is InChI=1S/C36H30N2O2S/c39-41(40,35-25-21-33(22-26-35)37(29-13-5-1-6-14-29)30-15-7-2-8-16-30)36-27-23-34(24-28-36)38(31-17-9-3-10-18-31)32-19-11-4-12-20-32/h1-23,25-28,34H,24H2.